The molecule has 0 saturated heterocycles. The summed E-state index contributed by atoms with van der Waals surface area (Å²) in [6.07, 6.45) is 0. The van der Waals surface area contributed by atoms with Gasteiger partial charge in [0.15, 0.2) is 6.73 Å². The zero-order chi connectivity index (χ0) is 12.8. The van der Waals surface area contributed by atoms with Gasteiger partial charge in [-0.1, -0.05) is 30.3 Å². The highest BCUT2D eigenvalue weighted by Crippen LogP contribution is 2.16. The topological polar surface area (TPSA) is 58.6 Å². The molecule has 0 saturated carbocycles. The summed E-state index contributed by atoms with van der Waals surface area (Å²) in [6, 6.07) is 15.7. The van der Waals surface area contributed by atoms with E-state index in [0.717, 1.165) is 5.69 Å². The summed E-state index contributed by atoms with van der Waals surface area (Å²) >= 11 is 0. The second-order valence-electron chi connectivity index (χ2n) is 3.64. The molecule has 0 radical (unpaired) electrons. The van der Waals surface area contributed by atoms with Crippen molar-refractivity contribution in [2.75, 3.05) is 12.0 Å². The van der Waals surface area contributed by atoms with E-state index in [1.165, 1.54) is 12.1 Å². The number of phenols is 1. The molecule has 0 fully saturated rings. The Kier molecular flexibility index (Phi) is 3.81. The summed E-state index contributed by atoms with van der Waals surface area (Å²) in [6.45, 7) is 0.0528. The second kappa shape index (κ2) is 5.72. The van der Waals surface area contributed by atoms with Crippen molar-refractivity contribution in [2.45, 2.75) is 0 Å². The van der Waals surface area contributed by atoms with E-state index in [9.17, 15) is 9.90 Å². The zero-order valence-corrected chi connectivity index (χ0v) is 9.67. The Morgan fingerprint density at radius 2 is 1.72 bits per heavy atom. The highest BCUT2D eigenvalue weighted by molar-refractivity contribution is 5.92. The van der Waals surface area contributed by atoms with Gasteiger partial charge in [0.25, 0.3) is 0 Å². The van der Waals surface area contributed by atoms with Crippen LogP contribution in [0.15, 0.2) is 54.6 Å². The molecule has 2 aromatic rings. The molecule has 0 atom stereocenters. The average molecular weight is 243 g/mol. The van der Waals surface area contributed by atoms with Gasteiger partial charge in [-0.2, -0.15) is 0 Å². The monoisotopic (exact) mass is 243 g/mol. The first kappa shape index (κ1) is 12.0. The minimum atomic E-state index is -0.559. The predicted molar refractivity (Wildman–Crippen MR) is 68.5 cm³/mol. The Morgan fingerprint density at radius 3 is 2.44 bits per heavy atom. The maximum Gasteiger partial charge on any atom is 0.343 e. The number of carbonyl (C=O) groups excluding carboxylic acids is 1. The number of hydrogen-bond acceptors (Lipinski definition) is 4. The van der Waals surface area contributed by atoms with Gasteiger partial charge in [-0.15, -0.1) is 0 Å². The summed E-state index contributed by atoms with van der Waals surface area (Å²) in [7, 11) is 0. The molecule has 0 amide bonds. The van der Waals surface area contributed by atoms with E-state index in [2.05, 4.69) is 5.32 Å². The second-order valence-corrected chi connectivity index (χ2v) is 3.64. The van der Waals surface area contributed by atoms with Crippen LogP contribution in [0.2, 0.25) is 0 Å². The maximum absolute atomic E-state index is 11.6. The fourth-order valence-corrected chi connectivity index (χ4v) is 1.46. The lowest BCUT2D eigenvalue weighted by atomic mass is 10.2. The van der Waals surface area contributed by atoms with Crippen molar-refractivity contribution in [2.24, 2.45) is 0 Å². The van der Waals surface area contributed by atoms with Gasteiger partial charge in [-0.3, -0.25) is 0 Å². The van der Waals surface area contributed by atoms with Crippen molar-refractivity contribution >= 4 is 11.7 Å². The minimum Gasteiger partial charge on any atom is -0.507 e. The molecule has 92 valence electrons. The number of para-hydroxylation sites is 2. The average Bonchev–Trinajstić information content (AvgIpc) is 2.40. The third kappa shape index (κ3) is 3.01. The van der Waals surface area contributed by atoms with E-state index in [1.807, 2.05) is 30.3 Å². The van der Waals surface area contributed by atoms with Crippen molar-refractivity contribution in [3.05, 3.63) is 60.2 Å². The van der Waals surface area contributed by atoms with E-state index in [4.69, 9.17) is 4.74 Å². The van der Waals surface area contributed by atoms with Gasteiger partial charge in [-0.05, 0) is 24.3 Å². The third-order valence-electron chi connectivity index (χ3n) is 2.38. The smallest absolute Gasteiger partial charge is 0.343 e. The first-order valence-electron chi connectivity index (χ1n) is 5.51. The van der Waals surface area contributed by atoms with Crippen LogP contribution in [0.25, 0.3) is 0 Å². The normalized spacial score (nSPS) is 9.78. The molecule has 0 bridgehead atoms. The van der Waals surface area contributed by atoms with Gasteiger partial charge < -0.3 is 15.2 Å². The van der Waals surface area contributed by atoms with Gasteiger partial charge in [0.2, 0.25) is 0 Å². The molecule has 0 spiro atoms. The molecule has 2 rings (SSSR count). The van der Waals surface area contributed by atoms with Crippen LogP contribution in [-0.2, 0) is 4.74 Å². The van der Waals surface area contributed by atoms with Crippen LogP contribution in [0.4, 0.5) is 5.69 Å². The summed E-state index contributed by atoms with van der Waals surface area (Å²) in [5, 5.41) is 12.4. The highest BCUT2D eigenvalue weighted by atomic mass is 16.5. The van der Waals surface area contributed by atoms with Crippen LogP contribution in [-0.4, -0.2) is 17.8 Å². The van der Waals surface area contributed by atoms with Crippen molar-refractivity contribution in [3.63, 3.8) is 0 Å². The summed E-state index contributed by atoms with van der Waals surface area (Å²) < 4.78 is 5.00. The number of phenolic OH excluding ortho intramolecular Hbond substituents is 1. The largest absolute Gasteiger partial charge is 0.507 e. The van der Waals surface area contributed by atoms with Gasteiger partial charge in [-0.25, -0.2) is 4.79 Å². The molecule has 0 heterocycles. The molecule has 2 aromatic carbocycles. The number of rotatable bonds is 4. The fraction of sp³-hybridized carbons (Fsp3) is 0.0714. The molecule has 0 unspecified atom stereocenters. The molecule has 4 nitrogen and oxygen atoms in total. The molecule has 4 heteroatoms. The van der Waals surface area contributed by atoms with Crippen LogP contribution >= 0.6 is 0 Å². The zero-order valence-electron chi connectivity index (χ0n) is 9.67. The number of ether oxygens (including phenoxy) is 1. The lowest BCUT2D eigenvalue weighted by Gasteiger charge is -2.08. The van der Waals surface area contributed by atoms with Crippen LogP contribution in [0.3, 0.4) is 0 Å². The number of anilines is 1. The van der Waals surface area contributed by atoms with Crippen LogP contribution in [0, 0.1) is 0 Å². The van der Waals surface area contributed by atoms with Gasteiger partial charge in [0.1, 0.15) is 11.3 Å². The standard InChI is InChI=1S/C14H13NO3/c16-13-9-5-4-8-12(13)14(17)18-10-15-11-6-2-1-3-7-11/h1-9,15-16H,10H2. The van der Waals surface area contributed by atoms with Gasteiger partial charge in [0.05, 0.1) is 0 Å². The molecule has 2 N–H and O–H groups in total. The Morgan fingerprint density at radius 1 is 1.06 bits per heavy atom. The number of benzene rings is 2. The molecule has 18 heavy (non-hydrogen) atoms. The highest BCUT2D eigenvalue weighted by Gasteiger charge is 2.10. The van der Waals surface area contributed by atoms with E-state index >= 15 is 0 Å². The molecule has 0 aliphatic heterocycles. The minimum absolute atomic E-state index is 0.0528. The number of hydrogen-bond donors (Lipinski definition) is 2. The molecule has 0 aliphatic carbocycles. The molecule has 0 aromatic heterocycles. The van der Waals surface area contributed by atoms with E-state index < -0.39 is 5.97 Å². The Balaban J connectivity index is 1.88. The first-order valence-corrected chi connectivity index (χ1v) is 5.51. The number of nitrogens with one attached hydrogen (secondary N) is 1. The molecular weight excluding hydrogens is 230 g/mol. The predicted octanol–water partition coefficient (Wildman–Crippen LogP) is 2.62. The maximum atomic E-state index is 11.6. The Hall–Kier alpha value is -2.49. The fourth-order valence-electron chi connectivity index (χ4n) is 1.46. The van der Waals surface area contributed by atoms with E-state index in [-0.39, 0.29) is 18.0 Å². The van der Waals surface area contributed by atoms with Gasteiger partial charge in [0, 0.05) is 5.69 Å². The van der Waals surface area contributed by atoms with Crippen molar-refractivity contribution in [1.82, 2.24) is 0 Å². The van der Waals surface area contributed by atoms with Gasteiger partial charge >= 0.3 is 5.97 Å². The van der Waals surface area contributed by atoms with Crippen LogP contribution in [0.5, 0.6) is 5.75 Å². The lowest BCUT2D eigenvalue weighted by Crippen LogP contribution is -2.12. The Bertz CT molecular complexity index is 526. The summed E-state index contributed by atoms with van der Waals surface area (Å²) in [5.41, 5.74) is 1.02. The van der Waals surface area contributed by atoms with Crippen molar-refractivity contribution in [1.29, 1.82) is 0 Å². The van der Waals surface area contributed by atoms with Crippen LogP contribution in [0.1, 0.15) is 10.4 Å². The quantitative estimate of drug-likeness (QED) is 0.640. The lowest BCUT2D eigenvalue weighted by molar-refractivity contribution is 0.0530. The van der Waals surface area contributed by atoms with Crippen molar-refractivity contribution in [3.8, 4) is 5.75 Å². The van der Waals surface area contributed by atoms with E-state index in [1.54, 1.807) is 12.1 Å². The molecule has 0 aliphatic rings. The Labute approximate surface area is 105 Å². The molecular formula is C14H13NO3. The number of carbonyl (C=O) groups is 1. The number of esters is 1. The first-order chi connectivity index (χ1) is 8.77. The van der Waals surface area contributed by atoms with E-state index in [0.29, 0.717) is 0 Å². The SMILES string of the molecule is O=C(OCNc1ccccc1)c1ccccc1O. The summed E-state index contributed by atoms with van der Waals surface area (Å²) in [5.74, 6) is -0.640. The number of aromatic hydroxyl groups is 1. The third-order valence-corrected chi connectivity index (χ3v) is 2.38. The summed E-state index contributed by atoms with van der Waals surface area (Å²) in [4.78, 5) is 11.6. The van der Waals surface area contributed by atoms with Crippen LogP contribution < -0.4 is 5.32 Å². The van der Waals surface area contributed by atoms with Crippen molar-refractivity contribution < 1.29 is 14.6 Å².